The third-order valence-electron chi connectivity index (χ3n) is 3.53. The van der Waals surface area contributed by atoms with Gasteiger partial charge in [0.1, 0.15) is 5.82 Å². The first-order valence-electron chi connectivity index (χ1n) is 7.97. The zero-order valence-electron chi connectivity index (χ0n) is 14.1. The Bertz CT molecular complexity index is 390. The molecule has 3 nitrogen and oxygen atoms in total. The molecule has 0 bridgehead atoms. The fourth-order valence-corrected chi connectivity index (χ4v) is 2.51. The predicted octanol–water partition coefficient (Wildman–Crippen LogP) is 3.47. The van der Waals surface area contributed by atoms with Crippen molar-refractivity contribution >= 4 is 0 Å². The van der Waals surface area contributed by atoms with Gasteiger partial charge in [0.2, 0.25) is 0 Å². The minimum absolute atomic E-state index is 0.608. The molecule has 0 saturated carbocycles. The van der Waals surface area contributed by atoms with Gasteiger partial charge < -0.3 is 5.32 Å². The molecule has 114 valence electrons. The molecule has 1 atom stereocenters. The van der Waals surface area contributed by atoms with Crippen LogP contribution in [0.4, 0.5) is 0 Å². The summed E-state index contributed by atoms with van der Waals surface area (Å²) in [5.74, 6) is 2.23. The average molecular weight is 277 g/mol. The molecular formula is C17H31N3. The van der Waals surface area contributed by atoms with Crippen molar-refractivity contribution in [1.29, 1.82) is 0 Å². The number of nitrogens with one attached hydrogen (secondary N) is 1. The number of aromatic nitrogens is 2. The summed E-state index contributed by atoms with van der Waals surface area (Å²) < 4.78 is 0. The number of aryl methyl sites for hydroxylation is 2. The van der Waals surface area contributed by atoms with Crippen molar-refractivity contribution in [2.24, 2.45) is 11.8 Å². The summed E-state index contributed by atoms with van der Waals surface area (Å²) in [5.41, 5.74) is 3.66. The Morgan fingerprint density at radius 1 is 1.00 bits per heavy atom. The molecule has 1 N–H and O–H groups in total. The first kappa shape index (κ1) is 17.1. The van der Waals surface area contributed by atoms with Crippen LogP contribution in [-0.2, 0) is 12.8 Å². The molecule has 1 aromatic heterocycles. The van der Waals surface area contributed by atoms with Gasteiger partial charge in [0.05, 0.1) is 0 Å². The molecule has 0 aromatic carbocycles. The molecule has 1 rings (SSSR count). The van der Waals surface area contributed by atoms with Crippen molar-refractivity contribution in [2.45, 2.75) is 60.8 Å². The van der Waals surface area contributed by atoms with Crippen molar-refractivity contribution in [1.82, 2.24) is 15.3 Å². The fraction of sp³-hybridized carbons (Fsp3) is 0.765. The highest BCUT2D eigenvalue weighted by molar-refractivity contribution is 5.25. The zero-order valence-corrected chi connectivity index (χ0v) is 14.1. The SMILES string of the molecule is CCCNCC(C)Cc1c(C)nc(CC(C)C)nc1C. The number of hydrogen-bond acceptors (Lipinski definition) is 3. The largest absolute Gasteiger partial charge is 0.316 e. The summed E-state index contributed by atoms with van der Waals surface area (Å²) in [6.07, 6.45) is 3.23. The van der Waals surface area contributed by atoms with Gasteiger partial charge in [0.25, 0.3) is 0 Å². The van der Waals surface area contributed by atoms with E-state index in [-0.39, 0.29) is 0 Å². The second-order valence-electron chi connectivity index (χ2n) is 6.40. The van der Waals surface area contributed by atoms with Crippen LogP contribution in [0.3, 0.4) is 0 Å². The monoisotopic (exact) mass is 277 g/mol. The molecule has 1 unspecified atom stereocenters. The minimum atomic E-state index is 0.608. The van der Waals surface area contributed by atoms with Crippen molar-refractivity contribution in [3.8, 4) is 0 Å². The van der Waals surface area contributed by atoms with Crippen LogP contribution in [-0.4, -0.2) is 23.1 Å². The van der Waals surface area contributed by atoms with Crippen molar-refractivity contribution in [3.63, 3.8) is 0 Å². The highest BCUT2D eigenvalue weighted by Crippen LogP contribution is 2.16. The van der Waals surface area contributed by atoms with Crippen LogP contribution in [0.25, 0.3) is 0 Å². The summed E-state index contributed by atoms with van der Waals surface area (Å²) in [5, 5.41) is 3.49. The summed E-state index contributed by atoms with van der Waals surface area (Å²) in [6, 6.07) is 0. The van der Waals surface area contributed by atoms with E-state index in [0.717, 1.165) is 43.1 Å². The van der Waals surface area contributed by atoms with E-state index >= 15 is 0 Å². The van der Waals surface area contributed by atoms with Gasteiger partial charge in [0.15, 0.2) is 0 Å². The fourth-order valence-electron chi connectivity index (χ4n) is 2.51. The molecule has 0 saturated heterocycles. The van der Waals surface area contributed by atoms with Crippen LogP contribution >= 0.6 is 0 Å². The van der Waals surface area contributed by atoms with Gasteiger partial charge in [-0.25, -0.2) is 9.97 Å². The van der Waals surface area contributed by atoms with Gasteiger partial charge in [-0.05, 0) is 57.2 Å². The second kappa shape index (κ2) is 8.35. The van der Waals surface area contributed by atoms with Gasteiger partial charge in [-0.2, -0.15) is 0 Å². The van der Waals surface area contributed by atoms with Crippen LogP contribution in [0.5, 0.6) is 0 Å². The summed E-state index contributed by atoms with van der Waals surface area (Å²) in [6.45, 7) is 15.3. The van der Waals surface area contributed by atoms with Crippen molar-refractivity contribution in [3.05, 3.63) is 22.8 Å². The highest BCUT2D eigenvalue weighted by Gasteiger charge is 2.12. The summed E-state index contributed by atoms with van der Waals surface area (Å²) in [4.78, 5) is 9.38. The third kappa shape index (κ3) is 5.58. The van der Waals surface area contributed by atoms with Crippen molar-refractivity contribution in [2.75, 3.05) is 13.1 Å². The topological polar surface area (TPSA) is 37.8 Å². The lowest BCUT2D eigenvalue weighted by atomic mass is 9.98. The smallest absolute Gasteiger partial charge is 0.129 e. The lowest BCUT2D eigenvalue weighted by Gasteiger charge is -2.16. The molecule has 0 aliphatic rings. The van der Waals surface area contributed by atoms with E-state index in [0.29, 0.717) is 11.8 Å². The zero-order chi connectivity index (χ0) is 15.1. The minimum Gasteiger partial charge on any atom is -0.316 e. The van der Waals surface area contributed by atoms with E-state index in [1.54, 1.807) is 0 Å². The van der Waals surface area contributed by atoms with E-state index in [1.807, 2.05) is 0 Å². The molecule has 0 radical (unpaired) electrons. The lowest BCUT2D eigenvalue weighted by Crippen LogP contribution is -2.24. The molecule has 1 heterocycles. The predicted molar refractivity (Wildman–Crippen MR) is 86.1 cm³/mol. The molecule has 0 aliphatic carbocycles. The van der Waals surface area contributed by atoms with Crippen LogP contribution in [0.2, 0.25) is 0 Å². The maximum Gasteiger partial charge on any atom is 0.129 e. The molecule has 20 heavy (non-hydrogen) atoms. The van der Waals surface area contributed by atoms with Gasteiger partial charge in [0, 0.05) is 17.8 Å². The maximum atomic E-state index is 4.69. The maximum absolute atomic E-state index is 4.69. The number of nitrogens with zero attached hydrogens (tertiary/aromatic N) is 2. The van der Waals surface area contributed by atoms with Gasteiger partial charge in [-0.3, -0.25) is 0 Å². The Balaban J connectivity index is 2.70. The van der Waals surface area contributed by atoms with Crippen LogP contribution < -0.4 is 5.32 Å². The Labute approximate surface area is 124 Å². The molecule has 0 spiro atoms. The quantitative estimate of drug-likeness (QED) is 0.739. The summed E-state index contributed by atoms with van der Waals surface area (Å²) >= 11 is 0. The standard InChI is InChI=1S/C17H31N3/c1-7-8-18-11-13(4)10-16-14(5)19-17(9-12(2)3)20-15(16)6/h12-13,18H,7-11H2,1-6H3. The molecule has 0 fully saturated rings. The van der Waals surface area contributed by atoms with E-state index in [9.17, 15) is 0 Å². The van der Waals surface area contributed by atoms with E-state index < -0.39 is 0 Å². The highest BCUT2D eigenvalue weighted by atomic mass is 14.9. The Morgan fingerprint density at radius 2 is 1.60 bits per heavy atom. The third-order valence-corrected chi connectivity index (χ3v) is 3.53. The second-order valence-corrected chi connectivity index (χ2v) is 6.40. The molecule has 1 aromatic rings. The van der Waals surface area contributed by atoms with E-state index in [2.05, 4.69) is 46.9 Å². The lowest BCUT2D eigenvalue weighted by molar-refractivity contribution is 0.506. The summed E-state index contributed by atoms with van der Waals surface area (Å²) in [7, 11) is 0. The first-order chi connectivity index (χ1) is 9.43. The average Bonchev–Trinajstić information content (AvgIpc) is 2.33. The van der Waals surface area contributed by atoms with Crippen molar-refractivity contribution < 1.29 is 0 Å². The van der Waals surface area contributed by atoms with E-state index in [1.165, 1.54) is 12.0 Å². The Morgan fingerprint density at radius 3 is 2.10 bits per heavy atom. The molecular weight excluding hydrogens is 246 g/mol. The normalized spacial score (nSPS) is 12.9. The Hall–Kier alpha value is -0.960. The van der Waals surface area contributed by atoms with Crippen LogP contribution in [0.15, 0.2) is 0 Å². The first-order valence-corrected chi connectivity index (χ1v) is 7.97. The number of rotatable bonds is 8. The molecule has 0 aliphatic heterocycles. The van der Waals surface area contributed by atoms with Gasteiger partial charge in [-0.15, -0.1) is 0 Å². The molecule has 0 amide bonds. The Kier molecular flexibility index (Phi) is 7.14. The molecule has 3 heteroatoms. The number of hydrogen-bond donors (Lipinski definition) is 1. The van der Waals surface area contributed by atoms with Gasteiger partial charge >= 0.3 is 0 Å². The van der Waals surface area contributed by atoms with Gasteiger partial charge in [-0.1, -0.05) is 27.7 Å². The van der Waals surface area contributed by atoms with Crippen LogP contribution in [0.1, 0.15) is 56.9 Å². The van der Waals surface area contributed by atoms with E-state index in [4.69, 9.17) is 9.97 Å². The van der Waals surface area contributed by atoms with Crippen LogP contribution in [0, 0.1) is 25.7 Å².